The van der Waals surface area contributed by atoms with Gasteiger partial charge < -0.3 is 16.4 Å². The normalized spacial score (nSPS) is 11.3. The summed E-state index contributed by atoms with van der Waals surface area (Å²) in [6, 6.07) is 1.21. The summed E-state index contributed by atoms with van der Waals surface area (Å²) in [6.45, 7) is 0.353. The van der Waals surface area contributed by atoms with Crippen LogP contribution in [0.3, 0.4) is 0 Å². The summed E-state index contributed by atoms with van der Waals surface area (Å²) in [6.07, 6.45) is -3.21. The molecule has 0 saturated heterocycles. The quantitative estimate of drug-likeness (QED) is 0.852. The molecule has 0 aliphatic rings. The van der Waals surface area contributed by atoms with E-state index in [0.29, 0.717) is 0 Å². The van der Waals surface area contributed by atoms with Gasteiger partial charge >= 0.3 is 6.18 Å². The third-order valence-electron chi connectivity index (χ3n) is 2.20. The zero-order chi connectivity index (χ0) is 13.9. The van der Waals surface area contributed by atoms with E-state index in [-0.39, 0.29) is 23.6 Å². The monoisotopic (exact) mass is 262 g/mol. The summed E-state index contributed by atoms with van der Waals surface area (Å²) >= 11 is 0. The molecular weight excluding hydrogens is 249 g/mol. The fraction of sp³-hybridized carbons (Fsp3) is 0.400. The average Bonchev–Trinajstić information content (AvgIpc) is 2.24. The summed E-state index contributed by atoms with van der Waals surface area (Å²) in [7, 11) is 0. The first-order valence-electron chi connectivity index (χ1n) is 5.11. The molecule has 100 valence electrons. The summed E-state index contributed by atoms with van der Waals surface area (Å²) in [5, 5.41) is 0. The SMILES string of the molecule is CCN(CC(F)(F)F)c1ncc(N)cc1C(N)=O. The van der Waals surface area contributed by atoms with Gasteiger partial charge in [0.1, 0.15) is 12.4 Å². The first-order chi connectivity index (χ1) is 8.24. The maximum atomic E-state index is 12.4. The number of primary amides is 1. The number of carbonyl (C=O) groups is 1. The largest absolute Gasteiger partial charge is 0.405 e. The molecule has 8 heteroatoms. The lowest BCUT2D eigenvalue weighted by atomic mass is 10.2. The lowest BCUT2D eigenvalue weighted by Crippen LogP contribution is -2.36. The van der Waals surface area contributed by atoms with Crippen LogP contribution < -0.4 is 16.4 Å². The second-order valence-corrected chi connectivity index (χ2v) is 3.63. The molecule has 0 spiro atoms. The van der Waals surface area contributed by atoms with Crippen molar-refractivity contribution in [2.24, 2.45) is 5.73 Å². The summed E-state index contributed by atoms with van der Waals surface area (Å²) in [4.78, 5) is 15.8. The van der Waals surface area contributed by atoms with Crippen molar-refractivity contribution in [3.05, 3.63) is 17.8 Å². The third kappa shape index (κ3) is 3.51. The van der Waals surface area contributed by atoms with Gasteiger partial charge in [-0.25, -0.2) is 4.98 Å². The Bertz CT molecular complexity index is 447. The van der Waals surface area contributed by atoms with Gasteiger partial charge in [0.2, 0.25) is 0 Å². The molecule has 5 nitrogen and oxygen atoms in total. The smallest absolute Gasteiger partial charge is 0.397 e. The predicted octanol–water partition coefficient (Wildman–Crippen LogP) is 1.15. The number of nitrogens with zero attached hydrogens (tertiary/aromatic N) is 2. The van der Waals surface area contributed by atoms with Gasteiger partial charge in [-0.05, 0) is 13.0 Å². The van der Waals surface area contributed by atoms with Gasteiger partial charge in [0, 0.05) is 6.54 Å². The van der Waals surface area contributed by atoms with Crippen molar-refractivity contribution in [1.82, 2.24) is 4.98 Å². The number of amides is 1. The molecule has 1 aromatic rings. The molecule has 4 N–H and O–H groups in total. The second kappa shape index (κ2) is 5.11. The Morgan fingerprint density at radius 1 is 1.50 bits per heavy atom. The Morgan fingerprint density at radius 2 is 2.11 bits per heavy atom. The van der Waals surface area contributed by atoms with Gasteiger partial charge in [-0.1, -0.05) is 0 Å². The van der Waals surface area contributed by atoms with Crippen LogP contribution in [-0.4, -0.2) is 30.2 Å². The van der Waals surface area contributed by atoms with E-state index in [9.17, 15) is 18.0 Å². The van der Waals surface area contributed by atoms with Gasteiger partial charge in [-0.2, -0.15) is 13.2 Å². The molecule has 0 aliphatic carbocycles. The minimum absolute atomic E-state index is 0.0384. The highest BCUT2D eigenvalue weighted by molar-refractivity contribution is 5.98. The molecule has 18 heavy (non-hydrogen) atoms. The number of rotatable bonds is 4. The molecule has 0 aliphatic heterocycles. The van der Waals surface area contributed by atoms with E-state index >= 15 is 0 Å². The minimum Gasteiger partial charge on any atom is -0.397 e. The van der Waals surface area contributed by atoms with Crippen molar-refractivity contribution >= 4 is 17.4 Å². The zero-order valence-corrected chi connectivity index (χ0v) is 9.66. The number of carbonyl (C=O) groups excluding carboxylic acids is 1. The first kappa shape index (κ1) is 14.1. The highest BCUT2D eigenvalue weighted by atomic mass is 19.4. The number of hydrogen-bond acceptors (Lipinski definition) is 4. The highest BCUT2D eigenvalue weighted by Crippen LogP contribution is 2.24. The molecule has 1 aromatic heterocycles. The third-order valence-corrected chi connectivity index (χ3v) is 2.20. The maximum absolute atomic E-state index is 12.4. The lowest BCUT2D eigenvalue weighted by Gasteiger charge is -2.24. The molecule has 1 heterocycles. The highest BCUT2D eigenvalue weighted by Gasteiger charge is 2.32. The van der Waals surface area contributed by atoms with Gasteiger partial charge in [0.25, 0.3) is 5.91 Å². The number of hydrogen-bond donors (Lipinski definition) is 2. The van der Waals surface area contributed by atoms with Gasteiger partial charge in [-0.15, -0.1) is 0 Å². The van der Waals surface area contributed by atoms with E-state index in [1.54, 1.807) is 0 Å². The van der Waals surface area contributed by atoms with E-state index < -0.39 is 18.6 Å². The van der Waals surface area contributed by atoms with Crippen molar-refractivity contribution < 1.29 is 18.0 Å². The van der Waals surface area contributed by atoms with E-state index in [2.05, 4.69) is 4.98 Å². The van der Waals surface area contributed by atoms with Crippen LogP contribution in [0.1, 0.15) is 17.3 Å². The second-order valence-electron chi connectivity index (χ2n) is 3.63. The van der Waals surface area contributed by atoms with Crippen molar-refractivity contribution in [2.75, 3.05) is 23.7 Å². The minimum atomic E-state index is -4.39. The van der Waals surface area contributed by atoms with Crippen LogP contribution >= 0.6 is 0 Å². The number of alkyl halides is 3. The van der Waals surface area contributed by atoms with Crippen LogP contribution in [-0.2, 0) is 0 Å². The topological polar surface area (TPSA) is 85.2 Å². The van der Waals surface area contributed by atoms with Crippen LogP contribution in [0.25, 0.3) is 0 Å². The molecule has 0 unspecified atom stereocenters. The van der Waals surface area contributed by atoms with E-state index in [1.807, 2.05) is 0 Å². The van der Waals surface area contributed by atoms with E-state index in [0.717, 1.165) is 4.90 Å². The summed E-state index contributed by atoms with van der Waals surface area (Å²) in [5.74, 6) is -0.984. The van der Waals surface area contributed by atoms with Gasteiger partial charge in [-0.3, -0.25) is 4.79 Å². The Balaban J connectivity index is 3.17. The Hall–Kier alpha value is -1.99. The fourth-order valence-electron chi connectivity index (χ4n) is 1.46. The standard InChI is InChI=1S/C10H13F3N4O/c1-2-17(5-10(11,12)13)9-7(8(15)18)3-6(14)4-16-9/h3-4H,2,5,14H2,1H3,(H2,15,18). The molecule has 1 rings (SSSR count). The Morgan fingerprint density at radius 3 is 2.56 bits per heavy atom. The molecule has 0 bridgehead atoms. The first-order valence-corrected chi connectivity index (χ1v) is 5.11. The molecular formula is C10H13F3N4O. The zero-order valence-electron chi connectivity index (χ0n) is 9.66. The number of pyridine rings is 1. The molecule has 0 radical (unpaired) electrons. The van der Waals surface area contributed by atoms with Crippen LogP contribution in [0, 0.1) is 0 Å². The van der Waals surface area contributed by atoms with Crippen molar-refractivity contribution in [2.45, 2.75) is 13.1 Å². The van der Waals surface area contributed by atoms with Crippen LogP contribution in [0.2, 0.25) is 0 Å². The number of halogens is 3. The summed E-state index contributed by atoms with van der Waals surface area (Å²) < 4.78 is 37.1. The van der Waals surface area contributed by atoms with Gasteiger partial charge in [0.05, 0.1) is 17.4 Å². The fourth-order valence-corrected chi connectivity index (χ4v) is 1.46. The van der Waals surface area contributed by atoms with Crippen LogP contribution in [0.5, 0.6) is 0 Å². The lowest BCUT2D eigenvalue weighted by molar-refractivity contribution is -0.119. The number of nitrogen functional groups attached to an aromatic ring is 1. The van der Waals surface area contributed by atoms with Crippen LogP contribution in [0.15, 0.2) is 12.3 Å². The molecule has 0 atom stereocenters. The molecule has 1 amide bonds. The Kier molecular flexibility index (Phi) is 4.00. The molecule has 0 aromatic carbocycles. The number of nitrogens with two attached hydrogens (primary N) is 2. The predicted molar refractivity (Wildman–Crippen MR) is 61.1 cm³/mol. The van der Waals surface area contributed by atoms with Crippen LogP contribution in [0.4, 0.5) is 24.7 Å². The van der Waals surface area contributed by atoms with Gasteiger partial charge in [0.15, 0.2) is 0 Å². The van der Waals surface area contributed by atoms with E-state index in [4.69, 9.17) is 11.5 Å². The average molecular weight is 262 g/mol. The number of aromatic nitrogens is 1. The van der Waals surface area contributed by atoms with E-state index in [1.165, 1.54) is 19.2 Å². The van der Waals surface area contributed by atoms with Crippen molar-refractivity contribution in [3.63, 3.8) is 0 Å². The Labute approximate surface area is 102 Å². The number of anilines is 2. The molecule has 0 fully saturated rings. The summed E-state index contributed by atoms with van der Waals surface area (Å²) in [5.41, 5.74) is 10.6. The van der Waals surface area contributed by atoms with Crippen molar-refractivity contribution in [3.8, 4) is 0 Å². The maximum Gasteiger partial charge on any atom is 0.405 e. The molecule has 0 saturated carbocycles. The van der Waals surface area contributed by atoms with Crippen molar-refractivity contribution in [1.29, 1.82) is 0 Å².